The van der Waals surface area contributed by atoms with Gasteiger partial charge in [0.05, 0.1) is 12.6 Å². The fourth-order valence-electron chi connectivity index (χ4n) is 2.24. The number of benzene rings is 1. The molecule has 3 rings (SSSR count). The normalized spacial score (nSPS) is 14.2. The Bertz CT molecular complexity index is 643. The number of hydrogen-bond acceptors (Lipinski definition) is 4. The van der Waals surface area contributed by atoms with E-state index in [9.17, 15) is 4.79 Å². The zero-order valence-electron chi connectivity index (χ0n) is 12.3. The predicted octanol–water partition coefficient (Wildman–Crippen LogP) is 3.08. The average Bonchev–Trinajstić information content (AvgIpc) is 3.06. The number of thiophene rings is 1. The van der Waals surface area contributed by atoms with Crippen molar-refractivity contribution in [2.24, 2.45) is 0 Å². The number of carbonyl (C=O) groups is 1. The van der Waals surface area contributed by atoms with Crippen LogP contribution in [0.5, 0.6) is 11.5 Å². The Labute approximate surface area is 133 Å². The third-order valence-electron chi connectivity index (χ3n) is 3.42. The Balaban J connectivity index is 1.56. The zero-order valence-corrected chi connectivity index (χ0v) is 13.1. The standard InChI is InChI=1S/C16H18N2O3S/c1-11(18-16(19)17-10-13-3-2-8-22-13)12-4-5-14-15(9-12)21-7-6-20-14/h2-5,8-9,11H,6-7,10H2,1H3,(H2,17,18,19)/t11-/m0/s1. The van der Waals surface area contributed by atoms with Gasteiger partial charge in [-0.25, -0.2) is 4.79 Å². The van der Waals surface area contributed by atoms with E-state index in [1.165, 1.54) is 0 Å². The van der Waals surface area contributed by atoms with Gasteiger partial charge >= 0.3 is 6.03 Å². The minimum atomic E-state index is -0.184. The van der Waals surface area contributed by atoms with Crippen molar-refractivity contribution in [3.05, 3.63) is 46.2 Å². The lowest BCUT2D eigenvalue weighted by Crippen LogP contribution is -2.36. The van der Waals surface area contributed by atoms with E-state index in [1.807, 2.05) is 42.6 Å². The summed E-state index contributed by atoms with van der Waals surface area (Å²) in [6.45, 7) is 3.61. The molecule has 1 aromatic carbocycles. The molecule has 6 heteroatoms. The highest BCUT2D eigenvalue weighted by Crippen LogP contribution is 2.32. The van der Waals surface area contributed by atoms with E-state index in [-0.39, 0.29) is 12.1 Å². The predicted molar refractivity (Wildman–Crippen MR) is 85.5 cm³/mol. The van der Waals surface area contributed by atoms with Crippen LogP contribution >= 0.6 is 11.3 Å². The Kier molecular flexibility index (Phi) is 4.48. The maximum absolute atomic E-state index is 11.9. The number of hydrogen-bond donors (Lipinski definition) is 2. The Morgan fingerprint density at radius 2 is 2.09 bits per heavy atom. The van der Waals surface area contributed by atoms with Crippen LogP contribution in [0.2, 0.25) is 0 Å². The molecule has 0 saturated carbocycles. The summed E-state index contributed by atoms with van der Waals surface area (Å²) >= 11 is 1.62. The second-order valence-corrected chi connectivity index (χ2v) is 6.06. The van der Waals surface area contributed by atoms with Crippen molar-refractivity contribution >= 4 is 17.4 Å². The van der Waals surface area contributed by atoms with Crippen LogP contribution in [-0.2, 0) is 6.54 Å². The summed E-state index contributed by atoms with van der Waals surface area (Å²) in [6, 6.07) is 9.41. The van der Waals surface area contributed by atoms with Gasteiger partial charge in [-0.05, 0) is 36.1 Å². The summed E-state index contributed by atoms with van der Waals surface area (Å²) in [4.78, 5) is 13.1. The van der Waals surface area contributed by atoms with E-state index in [0.717, 1.165) is 21.9 Å². The van der Waals surface area contributed by atoms with Gasteiger partial charge in [0.15, 0.2) is 11.5 Å². The first-order valence-corrected chi connectivity index (χ1v) is 8.06. The van der Waals surface area contributed by atoms with Crippen molar-refractivity contribution in [1.82, 2.24) is 10.6 Å². The van der Waals surface area contributed by atoms with Gasteiger partial charge in [0, 0.05) is 4.88 Å². The molecule has 0 saturated heterocycles. The number of rotatable bonds is 4. The van der Waals surface area contributed by atoms with E-state index in [4.69, 9.17) is 9.47 Å². The Morgan fingerprint density at radius 3 is 2.86 bits per heavy atom. The van der Waals surface area contributed by atoms with Crippen LogP contribution < -0.4 is 20.1 Å². The minimum Gasteiger partial charge on any atom is -0.486 e. The molecule has 0 fully saturated rings. The number of nitrogens with one attached hydrogen (secondary N) is 2. The molecular formula is C16H18N2O3S. The number of carbonyl (C=O) groups excluding carboxylic acids is 1. The third-order valence-corrected chi connectivity index (χ3v) is 4.29. The maximum Gasteiger partial charge on any atom is 0.315 e. The first-order chi connectivity index (χ1) is 10.7. The summed E-state index contributed by atoms with van der Waals surface area (Å²) in [6.07, 6.45) is 0. The highest BCUT2D eigenvalue weighted by Gasteiger charge is 2.15. The lowest BCUT2D eigenvalue weighted by atomic mass is 10.1. The van der Waals surface area contributed by atoms with Crippen molar-refractivity contribution in [3.63, 3.8) is 0 Å². The van der Waals surface area contributed by atoms with Gasteiger partial charge in [-0.3, -0.25) is 0 Å². The molecular weight excluding hydrogens is 300 g/mol. The molecule has 2 aromatic rings. The van der Waals surface area contributed by atoms with Crippen LogP contribution in [0.15, 0.2) is 35.7 Å². The highest BCUT2D eigenvalue weighted by atomic mass is 32.1. The fourth-order valence-corrected chi connectivity index (χ4v) is 2.89. The van der Waals surface area contributed by atoms with Gasteiger partial charge in [0.1, 0.15) is 13.2 Å². The number of ether oxygens (including phenoxy) is 2. The fraction of sp³-hybridized carbons (Fsp3) is 0.312. The zero-order chi connectivity index (χ0) is 15.4. The molecule has 1 aliphatic heterocycles. The lowest BCUT2D eigenvalue weighted by Gasteiger charge is -2.21. The van der Waals surface area contributed by atoms with Crippen LogP contribution in [0.25, 0.3) is 0 Å². The molecule has 0 aliphatic carbocycles. The molecule has 0 spiro atoms. The van der Waals surface area contributed by atoms with Crippen LogP contribution in [0.1, 0.15) is 23.4 Å². The average molecular weight is 318 g/mol. The van der Waals surface area contributed by atoms with E-state index >= 15 is 0 Å². The lowest BCUT2D eigenvalue weighted by molar-refractivity contribution is 0.171. The molecule has 116 valence electrons. The third kappa shape index (κ3) is 3.51. The van der Waals surface area contributed by atoms with Crippen LogP contribution in [0, 0.1) is 0 Å². The molecule has 5 nitrogen and oxygen atoms in total. The molecule has 0 bridgehead atoms. The summed E-state index contributed by atoms with van der Waals surface area (Å²) in [5.41, 5.74) is 0.982. The van der Waals surface area contributed by atoms with Gasteiger partial charge in [0.25, 0.3) is 0 Å². The summed E-state index contributed by atoms with van der Waals surface area (Å²) in [5.74, 6) is 1.49. The largest absolute Gasteiger partial charge is 0.486 e. The topological polar surface area (TPSA) is 59.6 Å². The summed E-state index contributed by atoms with van der Waals surface area (Å²) in [7, 11) is 0. The van der Waals surface area contributed by atoms with Crippen LogP contribution in [-0.4, -0.2) is 19.2 Å². The maximum atomic E-state index is 11.9. The number of urea groups is 1. The first kappa shape index (κ1) is 14.7. The van der Waals surface area contributed by atoms with E-state index in [2.05, 4.69) is 10.6 Å². The smallest absolute Gasteiger partial charge is 0.315 e. The van der Waals surface area contributed by atoms with E-state index < -0.39 is 0 Å². The molecule has 2 N–H and O–H groups in total. The molecule has 2 amide bonds. The molecule has 22 heavy (non-hydrogen) atoms. The van der Waals surface area contributed by atoms with Gasteiger partial charge in [-0.2, -0.15) is 0 Å². The second kappa shape index (κ2) is 6.70. The monoisotopic (exact) mass is 318 g/mol. The van der Waals surface area contributed by atoms with Crippen molar-refractivity contribution in [2.75, 3.05) is 13.2 Å². The van der Waals surface area contributed by atoms with Crippen molar-refractivity contribution < 1.29 is 14.3 Å². The van der Waals surface area contributed by atoms with Gasteiger partial charge < -0.3 is 20.1 Å². The number of fused-ring (bicyclic) bond motifs is 1. The molecule has 1 atom stereocenters. The Morgan fingerprint density at radius 1 is 1.27 bits per heavy atom. The van der Waals surface area contributed by atoms with Gasteiger partial charge in [-0.15, -0.1) is 11.3 Å². The second-order valence-electron chi connectivity index (χ2n) is 5.03. The minimum absolute atomic E-state index is 0.112. The van der Waals surface area contributed by atoms with E-state index in [1.54, 1.807) is 11.3 Å². The molecule has 0 radical (unpaired) electrons. The first-order valence-electron chi connectivity index (χ1n) is 7.18. The summed E-state index contributed by atoms with van der Waals surface area (Å²) < 4.78 is 11.1. The quantitative estimate of drug-likeness (QED) is 0.911. The van der Waals surface area contributed by atoms with Crippen LogP contribution in [0.3, 0.4) is 0 Å². The van der Waals surface area contributed by atoms with Crippen LogP contribution in [0.4, 0.5) is 4.79 Å². The summed E-state index contributed by atoms with van der Waals surface area (Å²) in [5, 5.41) is 7.77. The van der Waals surface area contributed by atoms with Crippen molar-refractivity contribution in [3.8, 4) is 11.5 Å². The van der Waals surface area contributed by atoms with Crippen molar-refractivity contribution in [2.45, 2.75) is 19.5 Å². The SMILES string of the molecule is C[C@H](NC(=O)NCc1cccs1)c1ccc2c(c1)OCCO2. The Hall–Kier alpha value is -2.21. The number of amides is 2. The molecule has 0 unspecified atom stereocenters. The van der Waals surface area contributed by atoms with Gasteiger partial charge in [-0.1, -0.05) is 12.1 Å². The molecule has 2 heterocycles. The molecule has 1 aliphatic rings. The highest BCUT2D eigenvalue weighted by molar-refractivity contribution is 7.09. The van der Waals surface area contributed by atoms with Gasteiger partial charge in [0.2, 0.25) is 0 Å². The van der Waals surface area contributed by atoms with E-state index in [0.29, 0.717) is 19.8 Å². The van der Waals surface area contributed by atoms with Crippen molar-refractivity contribution in [1.29, 1.82) is 0 Å². The molecule has 1 aromatic heterocycles.